The standard InChI is InChI=1S/C61H99N17O16/c1-11-32(6)41-56(91)75-42(33(7)80)55(90)68-28-40(81)73-46(48(83)49(64)84)59(94)72-39(29-79)54(89)76-43(34-20-15-14-16-21-34)44(77-52(87)36(22-17-12-13-18-24-62)69-50(85)35(63)27-61(8,9)10)57(92)78-45(47(82)31(4)5)58(93)71-38(26-30(2)3)53(88)70-37(51(86)74-41)23-19-25-67-60(65)66/h12-18,20-21,24,30-33,35-39,41-48,62,79-80,82-83H,11,19,22-23,25-29,63H2,1-10H3,(H2,64,84)(H,68,90)(H,69,85)(H,70,88)(H,71,93)(H,72,94)(H,73,81)(H,74,86)(H,75,91)(H,76,89)(H,77,87)(H,78,92)(H4,65,66,67)/b17-12+,18-13-,62-24?/t32-,33-,35+,36-,37+,38-,39-,41-,42-,43+,44-,45-,46-,47+,48-/m0/s1. The number of amides is 12. The maximum absolute atomic E-state index is 15.5. The van der Waals surface area contributed by atoms with Crippen molar-refractivity contribution < 1.29 is 78.0 Å². The molecule has 0 bridgehead atoms. The van der Waals surface area contributed by atoms with Gasteiger partial charge in [-0.15, -0.1) is 0 Å². The van der Waals surface area contributed by atoms with E-state index in [9.17, 15) is 73.2 Å². The van der Waals surface area contributed by atoms with Crippen molar-refractivity contribution in [3.8, 4) is 0 Å². The van der Waals surface area contributed by atoms with Crippen LogP contribution in [-0.4, -0.2) is 202 Å². The van der Waals surface area contributed by atoms with Gasteiger partial charge in [0.1, 0.15) is 54.4 Å². The summed E-state index contributed by atoms with van der Waals surface area (Å²) in [6.07, 6.45) is 0.325. The molecule has 0 saturated carbocycles. The van der Waals surface area contributed by atoms with Crippen molar-refractivity contribution in [2.75, 3.05) is 19.7 Å². The number of nitrogens with one attached hydrogen (secondary N) is 14. The summed E-state index contributed by atoms with van der Waals surface area (Å²) in [5.74, 6) is -16.9. The van der Waals surface area contributed by atoms with Crippen LogP contribution in [0, 0.1) is 34.0 Å². The van der Waals surface area contributed by atoms with Crippen LogP contribution in [-0.2, 0) is 57.5 Å². The molecule has 1 saturated heterocycles. The van der Waals surface area contributed by atoms with E-state index in [0.29, 0.717) is 0 Å². The normalized spacial score (nSPS) is 24.4. The van der Waals surface area contributed by atoms with E-state index < -0.39 is 198 Å². The summed E-state index contributed by atoms with van der Waals surface area (Å²) < 4.78 is 0. The van der Waals surface area contributed by atoms with E-state index in [4.69, 9.17) is 28.0 Å². The number of carbonyl (C=O) groups is 12. The Morgan fingerprint density at radius 3 is 1.81 bits per heavy atom. The number of aliphatic hydroxyl groups is 4. The lowest BCUT2D eigenvalue weighted by Gasteiger charge is -2.34. The predicted molar refractivity (Wildman–Crippen MR) is 344 cm³/mol. The minimum absolute atomic E-state index is 0.00221. The topological polar surface area (TPSA) is 556 Å². The van der Waals surface area contributed by atoms with E-state index in [-0.39, 0.29) is 50.6 Å². The van der Waals surface area contributed by atoms with Gasteiger partial charge in [-0.25, -0.2) is 0 Å². The highest BCUT2D eigenvalue weighted by Crippen LogP contribution is 2.22. The molecule has 524 valence electrons. The van der Waals surface area contributed by atoms with Gasteiger partial charge >= 0.3 is 0 Å². The number of guanidine groups is 1. The van der Waals surface area contributed by atoms with E-state index >= 15 is 4.79 Å². The van der Waals surface area contributed by atoms with Crippen LogP contribution in [0.2, 0.25) is 0 Å². The van der Waals surface area contributed by atoms with Crippen molar-refractivity contribution in [2.24, 2.45) is 40.4 Å². The smallest absolute Gasteiger partial charge is 0.248 e. The third-order valence-electron chi connectivity index (χ3n) is 14.9. The molecule has 1 fully saturated rings. The summed E-state index contributed by atoms with van der Waals surface area (Å²) in [5, 5.41) is 88.4. The zero-order valence-electron chi connectivity index (χ0n) is 54.9. The number of hydrogen-bond acceptors (Lipinski definition) is 19. The third kappa shape index (κ3) is 27.3. The average Bonchev–Trinajstić information content (AvgIpc) is 0.823. The minimum Gasteiger partial charge on any atom is -0.394 e. The summed E-state index contributed by atoms with van der Waals surface area (Å²) >= 11 is 0. The number of hydrogen-bond donors (Lipinski definition) is 21. The van der Waals surface area contributed by atoms with Gasteiger partial charge in [-0.05, 0) is 73.8 Å². The van der Waals surface area contributed by atoms with Crippen molar-refractivity contribution in [1.82, 2.24) is 63.8 Å². The molecule has 1 heterocycles. The van der Waals surface area contributed by atoms with E-state index in [2.05, 4.69) is 58.5 Å². The number of nitrogens with two attached hydrogens (primary N) is 3. The van der Waals surface area contributed by atoms with Gasteiger partial charge in [0.15, 0.2) is 12.1 Å². The SMILES string of the molecule is CC[C@H](C)[C@@H]1NC(=O)[C@@H](CCCNC(=N)N)NC(=O)[C@H](CC(C)C)NC(=O)[C@H]([C@H](O)C(C)C)NC(=O)[C@@H](NC(=O)[C@H](C/C=C/C=C\C=N)NC(=O)[C@H](N)CC(C)(C)C)[C@@H](c2ccccc2)NC(=O)[C@H](CO)NC(=O)[C@H]([C@H](O)C(N)=O)NC(=O)CNC(=O)[C@H]([C@H](C)O)NC1=O. The molecule has 33 heteroatoms. The summed E-state index contributed by atoms with van der Waals surface area (Å²) in [6, 6.07) is -12.6. The largest absolute Gasteiger partial charge is 0.394 e. The van der Waals surface area contributed by atoms with Crippen LogP contribution in [0.5, 0.6) is 0 Å². The first-order chi connectivity index (χ1) is 44.0. The van der Waals surface area contributed by atoms with Crippen LogP contribution < -0.4 is 81.0 Å². The maximum Gasteiger partial charge on any atom is 0.248 e. The fourth-order valence-corrected chi connectivity index (χ4v) is 9.49. The number of primary amides is 1. The summed E-state index contributed by atoms with van der Waals surface area (Å²) in [4.78, 5) is 171. The molecule has 33 nitrogen and oxygen atoms in total. The van der Waals surface area contributed by atoms with Crippen molar-refractivity contribution in [3.63, 3.8) is 0 Å². The second kappa shape index (κ2) is 39.6. The van der Waals surface area contributed by atoms with Crippen LogP contribution in [0.4, 0.5) is 0 Å². The highest BCUT2D eigenvalue weighted by molar-refractivity contribution is 6.01. The fraction of sp³-hybridized carbons (Fsp3) is 0.607. The van der Waals surface area contributed by atoms with E-state index in [1.807, 2.05) is 26.1 Å². The molecule has 2 rings (SSSR count). The van der Waals surface area contributed by atoms with Gasteiger partial charge in [0, 0.05) is 12.8 Å². The summed E-state index contributed by atoms with van der Waals surface area (Å²) in [5.41, 5.74) is 16.7. The first-order valence-electron chi connectivity index (χ1n) is 30.9. The Bertz CT molecular complexity index is 2850. The van der Waals surface area contributed by atoms with E-state index in [1.165, 1.54) is 68.5 Å². The second-order valence-electron chi connectivity index (χ2n) is 24.9. The molecule has 0 spiro atoms. The van der Waals surface area contributed by atoms with Crippen LogP contribution >= 0.6 is 0 Å². The lowest BCUT2D eigenvalue weighted by Crippen LogP contribution is -2.65. The molecule has 0 aliphatic carbocycles. The lowest BCUT2D eigenvalue weighted by atomic mass is 9.88. The van der Waals surface area contributed by atoms with Gasteiger partial charge in [0.2, 0.25) is 70.9 Å². The maximum atomic E-state index is 15.5. The molecule has 1 aromatic carbocycles. The third-order valence-corrected chi connectivity index (χ3v) is 14.9. The molecule has 15 atom stereocenters. The zero-order chi connectivity index (χ0) is 71.3. The van der Waals surface area contributed by atoms with Gasteiger partial charge in [0.25, 0.3) is 0 Å². The monoisotopic (exact) mass is 1330 g/mol. The van der Waals surface area contributed by atoms with Crippen molar-refractivity contribution >= 4 is 83.1 Å². The lowest BCUT2D eigenvalue weighted by molar-refractivity contribution is -0.140. The Labute approximate surface area is 546 Å². The number of benzene rings is 1. The van der Waals surface area contributed by atoms with Gasteiger partial charge in [0.05, 0.1) is 37.4 Å². The molecule has 1 aliphatic rings. The molecular weight excluding hydrogens is 1230 g/mol. The van der Waals surface area contributed by atoms with Crippen LogP contribution in [0.3, 0.4) is 0 Å². The molecule has 24 N–H and O–H groups in total. The Hall–Kier alpha value is -8.92. The summed E-state index contributed by atoms with van der Waals surface area (Å²) in [6.45, 7) is 13.8. The van der Waals surface area contributed by atoms with Gasteiger partial charge in [-0.1, -0.05) is 117 Å². The molecular formula is C61H99N17O16. The molecule has 94 heavy (non-hydrogen) atoms. The molecule has 0 unspecified atom stereocenters. The Balaban J connectivity index is 3.17. The molecule has 1 aliphatic heterocycles. The Kier molecular flexibility index (Phi) is 34.2. The Morgan fingerprint density at radius 2 is 1.26 bits per heavy atom. The van der Waals surface area contributed by atoms with Crippen molar-refractivity contribution in [2.45, 2.75) is 193 Å². The van der Waals surface area contributed by atoms with Gasteiger partial charge in [-0.2, -0.15) is 0 Å². The zero-order valence-corrected chi connectivity index (χ0v) is 54.9. The average molecular weight is 1330 g/mol. The predicted octanol–water partition coefficient (Wildman–Crippen LogP) is -5.16. The quantitative estimate of drug-likeness (QED) is 0.0199. The van der Waals surface area contributed by atoms with Gasteiger partial charge in [-0.3, -0.25) is 62.9 Å². The van der Waals surface area contributed by atoms with Crippen LogP contribution in [0.15, 0.2) is 54.6 Å². The second-order valence-corrected chi connectivity index (χ2v) is 24.9. The van der Waals surface area contributed by atoms with E-state index in [1.54, 1.807) is 27.7 Å². The fourth-order valence-electron chi connectivity index (χ4n) is 9.49. The molecule has 0 radical (unpaired) electrons. The van der Waals surface area contributed by atoms with Crippen molar-refractivity contribution in [3.05, 3.63) is 60.2 Å². The van der Waals surface area contributed by atoms with E-state index in [0.717, 1.165) is 13.1 Å². The minimum atomic E-state index is -2.57. The molecule has 12 amide bonds. The van der Waals surface area contributed by atoms with Crippen LogP contribution in [0.25, 0.3) is 0 Å². The summed E-state index contributed by atoms with van der Waals surface area (Å²) in [7, 11) is 0. The first-order valence-corrected chi connectivity index (χ1v) is 30.9. The van der Waals surface area contributed by atoms with Crippen LogP contribution in [0.1, 0.15) is 119 Å². The highest BCUT2D eigenvalue weighted by Gasteiger charge is 2.43. The number of aliphatic hydroxyl groups excluding tert-OH is 4. The molecule has 0 aromatic heterocycles. The van der Waals surface area contributed by atoms with Crippen molar-refractivity contribution in [1.29, 1.82) is 10.8 Å². The van der Waals surface area contributed by atoms with Gasteiger partial charge < -0.3 is 107 Å². The first kappa shape index (κ1) is 81.2. The molecule has 1 aromatic rings. The number of rotatable bonds is 24. The number of allylic oxidation sites excluding steroid dienone is 3. The Morgan fingerprint density at radius 1 is 0.691 bits per heavy atom. The highest BCUT2D eigenvalue weighted by atomic mass is 16.3. The number of carbonyl (C=O) groups excluding carboxylic acids is 12.